The molecule has 5 nitrogen and oxygen atoms in total. The average Bonchev–Trinajstić information content (AvgIpc) is 2.68. The van der Waals surface area contributed by atoms with E-state index >= 15 is 0 Å². The predicted octanol–water partition coefficient (Wildman–Crippen LogP) is 1.26. The Morgan fingerprint density at radius 2 is 2.38 bits per heavy atom. The second kappa shape index (κ2) is 4.62. The van der Waals surface area contributed by atoms with Gasteiger partial charge in [-0.15, -0.1) is 22.5 Å². The maximum absolute atomic E-state index is 5.18. The molecule has 2 aromatic heterocycles. The second-order valence-electron chi connectivity index (χ2n) is 3.45. The van der Waals surface area contributed by atoms with E-state index in [4.69, 9.17) is 6.42 Å². The third kappa shape index (κ3) is 1.96. The van der Waals surface area contributed by atoms with Crippen molar-refractivity contribution in [2.24, 2.45) is 0 Å². The first kappa shape index (κ1) is 10.4. The Balaban J connectivity index is 2.15. The maximum atomic E-state index is 5.18. The van der Waals surface area contributed by atoms with Gasteiger partial charge >= 0.3 is 0 Å². The first-order valence-electron chi connectivity index (χ1n) is 5.16. The van der Waals surface area contributed by atoms with E-state index in [1.165, 1.54) is 0 Å². The zero-order valence-electron chi connectivity index (χ0n) is 9.14. The molecular weight excluding hydrogens is 202 g/mol. The van der Waals surface area contributed by atoms with Gasteiger partial charge in [-0.3, -0.25) is 4.40 Å². The number of nitrogens with zero attached hydrogens (tertiary/aromatic N) is 4. The number of aryl methyl sites for hydroxylation is 1. The zero-order valence-corrected chi connectivity index (χ0v) is 9.14. The molecular formula is C11H13N5. The number of terminal acetylenes is 1. The number of rotatable bonds is 4. The Hall–Kier alpha value is -2.09. The number of nitrogens with one attached hydrogen (secondary N) is 1. The third-order valence-corrected chi connectivity index (χ3v) is 2.29. The van der Waals surface area contributed by atoms with Crippen molar-refractivity contribution in [1.82, 2.24) is 19.6 Å². The van der Waals surface area contributed by atoms with E-state index in [9.17, 15) is 0 Å². The molecule has 0 aliphatic rings. The Kier molecular flexibility index (Phi) is 3.01. The standard InChI is InChI=1S/C11H13N5/c1-3-4-5-6-12-10-11-15-14-9(2)16(11)8-7-13-10/h1,7-8H,4-6H2,2H3,(H,12,13). The van der Waals surface area contributed by atoms with Gasteiger partial charge in [-0.2, -0.15) is 0 Å². The molecule has 0 aliphatic heterocycles. The van der Waals surface area contributed by atoms with Crippen LogP contribution in [-0.2, 0) is 0 Å². The Bertz CT molecular complexity index is 523. The summed E-state index contributed by atoms with van der Waals surface area (Å²) in [6.07, 6.45) is 10.4. The molecule has 0 radical (unpaired) electrons. The Morgan fingerprint density at radius 1 is 1.50 bits per heavy atom. The minimum atomic E-state index is 0.750. The monoisotopic (exact) mass is 215 g/mol. The lowest BCUT2D eigenvalue weighted by Gasteiger charge is -2.04. The quantitative estimate of drug-likeness (QED) is 0.616. The number of fused-ring (bicyclic) bond motifs is 1. The van der Waals surface area contributed by atoms with Crippen LogP contribution in [0.25, 0.3) is 5.65 Å². The van der Waals surface area contributed by atoms with Gasteiger partial charge in [-0.25, -0.2) is 4.98 Å². The van der Waals surface area contributed by atoms with Gasteiger partial charge in [0.15, 0.2) is 5.82 Å². The summed E-state index contributed by atoms with van der Waals surface area (Å²) < 4.78 is 1.90. The van der Waals surface area contributed by atoms with Gasteiger partial charge < -0.3 is 5.32 Å². The van der Waals surface area contributed by atoms with Crippen LogP contribution in [0.2, 0.25) is 0 Å². The SMILES string of the molecule is C#CCCCNc1nccn2c(C)nnc12. The summed E-state index contributed by atoms with van der Waals surface area (Å²) in [5, 5.41) is 11.3. The van der Waals surface area contributed by atoms with Crippen molar-refractivity contribution in [1.29, 1.82) is 0 Å². The molecule has 1 N–H and O–H groups in total. The minimum Gasteiger partial charge on any atom is -0.367 e. The van der Waals surface area contributed by atoms with E-state index in [0.717, 1.165) is 36.7 Å². The number of hydrogen-bond donors (Lipinski definition) is 1. The van der Waals surface area contributed by atoms with E-state index in [1.807, 2.05) is 17.5 Å². The smallest absolute Gasteiger partial charge is 0.203 e. The van der Waals surface area contributed by atoms with E-state index in [2.05, 4.69) is 26.4 Å². The van der Waals surface area contributed by atoms with E-state index in [1.54, 1.807) is 6.20 Å². The fraction of sp³-hybridized carbons (Fsp3) is 0.364. The van der Waals surface area contributed by atoms with E-state index in [-0.39, 0.29) is 0 Å². The molecule has 0 fully saturated rings. The fourth-order valence-electron chi connectivity index (χ4n) is 1.46. The molecule has 0 spiro atoms. The number of hydrogen-bond acceptors (Lipinski definition) is 4. The van der Waals surface area contributed by atoms with Crippen molar-refractivity contribution in [2.75, 3.05) is 11.9 Å². The molecule has 2 aromatic rings. The zero-order chi connectivity index (χ0) is 11.4. The van der Waals surface area contributed by atoms with Crippen molar-refractivity contribution in [3.63, 3.8) is 0 Å². The summed E-state index contributed by atoms with van der Waals surface area (Å²) in [4.78, 5) is 4.23. The maximum Gasteiger partial charge on any atom is 0.203 e. The largest absolute Gasteiger partial charge is 0.367 e. The lowest BCUT2D eigenvalue weighted by atomic mass is 10.3. The minimum absolute atomic E-state index is 0.750. The second-order valence-corrected chi connectivity index (χ2v) is 3.45. The van der Waals surface area contributed by atoms with Crippen LogP contribution in [0.1, 0.15) is 18.7 Å². The lowest BCUT2D eigenvalue weighted by molar-refractivity contribution is 0.899. The van der Waals surface area contributed by atoms with Crippen LogP contribution in [0, 0.1) is 19.3 Å². The molecule has 0 aliphatic carbocycles. The van der Waals surface area contributed by atoms with Crippen LogP contribution in [-0.4, -0.2) is 26.1 Å². The van der Waals surface area contributed by atoms with Crippen molar-refractivity contribution in [3.8, 4) is 12.3 Å². The molecule has 2 heterocycles. The van der Waals surface area contributed by atoms with Crippen molar-refractivity contribution >= 4 is 11.5 Å². The van der Waals surface area contributed by atoms with Crippen molar-refractivity contribution in [2.45, 2.75) is 19.8 Å². The molecule has 5 heteroatoms. The first-order valence-corrected chi connectivity index (χ1v) is 5.16. The van der Waals surface area contributed by atoms with Gasteiger partial charge in [0.1, 0.15) is 5.82 Å². The highest BCUT2D eigenvalue weighted by molar-refractivity contribution is 5.61. The molecule has 0 saturated heterocycles. The van der Waals surface area contributed by atoms with Crippen molar-refractivity contribution in [3.05, 3.63) is 18.2 Å². The molecule has 0 atom stereocenters. The molecule has 0 aromatic carbocycles. The average molecular weight is 215 g/mol. The number of anilines is 1. The third-order valence-electron chi connectivity index (χ3n) is 2.29. The van der Waals surface area contributed by atoms with Gasteiger partial charge in [0.2, 0.25) is 5.65 Å². The molecule has 2 rings (SSSR count). The topological polar surface area (TPSA) is 55.1 Å². The highest BCUT2D eigenvalue weighted by Crippen LogP contribution is 2.11. The first-order chi connectivity index (χ1) is 7.83. The lowest BCUT2D eigenvalue weighted by Crippen LogP contribution is -2.05. The van der Waals surface area contributed by atoms with Gasteiger partial charge in [0, 0.05) is 25.4 Å². The number of aromatic nitrogens is 4. The van der Waals surface area contributed by atoms with Gasteiger partial charge in [0.05, 0.1) is 0 Å². The van der Waals surface area contributed by atoms with Crippen LogP contribution in [0.5, 0.6) is 0 Å². The summed E-state index contributed by atoms with van der Waals surface area (Å²) >= 11 is 0. The van der Waals surface area contributed by atoms with Gasteiger partial charge in [0.25, 0.3) is 0 Å². The highest BCUT2D eigenvalue weighted by Gasteiger charge is 2.06. The van der Waals surface area contributed by atoms with Crippen LogP contribution in [0.15, 0.2) is 12.4 Å². The van der Waals surface area contributed by atoms with Gasteiger partial charge in [-0.1, -0.05) is 0 Å². The molecule has 82 valence electrons. The molecule has 0 bridgehead atoms. The van der Waals surface area contributed by atoms with Crippen LogP contribution in [0.4, 0.5) is 5.82 Å². The van der Waals surface area contributed by atoms with Crippen molar-refractivity contribution < 1.29 is 0 Å². The highest BCUT2D eigenvalue weighted by atomic mass is 15.3. The summed E-state index contributed by atoms with van der Waals surface area (Å²) in [7, 11) is 0. The van der Waals surface area contributed by atoms with E-state index < -0.39 is 0 Å². The number of unbranched alkanes of at least 4 members (excludes halogenated alkanes) is 1. The molecule has 0 unspecified atom stereocenters. The Morgan fingerprint density at radius 3 is 3.19 bits per heavy atom. The normalized spacial score (nSPS) is 10.2. The summed E-state index contributed by atoms with van der Waals surface area (Å²) in [6, 6.07) is 0. The van der Waals surface area contributed by atoms with Gasteiger partial charge in [-0.05, 0) is 13.3 Å². The fourth-order valence-corrected chi connectivity index (χ4v) is 1.46. The Labute approximate surface area is 93.9 Å². The summed E-state index contributed by atoms with van der Waals surface area (Å²) in [5.41, 5.74) is 0.751. The van der Waals surface area contributed by atoms with E-state index in [0.29, 0.717) is 0 Å². The molecule has 16 heavy (non-hydrogen) atoms. The predicted molar refractivity (Wildman–Crippen MR) is 62.1 cm³/mol. The summed E-state index contributed by atoms with van der Waals surface area (Å²) in [5.74, 6) is 4.20. The van der Waals surface area contributed by atoms with Crippen LogP contribution < -0.4 is 5.32 Å². The van der Waals surface area contributed by atoms with Crippen LogP contribution >= 0.6 is 0 Å². The molecule has 0 amide bonds. The molecule has 0 saturated carbocycles. The summed E-state index contributed by atoms with van der Waals surface area (Å²) in [6.45, 7) is 2.70. The van der Waals surface area contributed by atoms with Crippen LogP contribution in [0.3, 0.4) is 0 Å².